The Morgan fingerprint density at radius 1 is 1.10 bits per heavy atom. The van der Waals surface area contributed by atoms with Crippen LogP contribution in [0.3, 0.4) is 0 Å². The molecule has 2 aromatic heterocycles. The summed E-state index contributed by atoms with van der Waals surface area (Å²) in [6.45, 7) is 6.11. The van der Waals surface area contributed by atoms with Crippen molar-refractivity contribution >= 4 is 28.9 Å². The largest absolute Gasteiger partial charge is 0.329 e. The van der Waals surface area contributed by atoms with Gasteiger partial charge >= 0.3 is 0 Å². The highest BCUT2D eigenvalue weighted by Gasteiger charge is 2.17. The number of hydrogen-bond acceptors (Lipinski definition) is 4. The van der Waals surface area contributed by atoms with Gasteiger partial charge in [-0.05, 0) is 44.0 Å². The second kappa shape index (κ2) is 5.00. The maximum absolute atomic E-state index is 6.22. The van der Waals surface area contributed by atoms with E-state index in [1.54, 1.807) is 4.52 Å². The minimum atomic E-state index is 0.446. The lowest BCUT2D eigenvalue weighted by Crippen LogP contribution is -2.17. The molecule has 0 aliphatic rings. The summed E-state index contributed by atoms with van der Waals surface area (Å²) in [6.07, 6.45) is 1.48. The first-order chi connectivity index (χ1) is 9.97. The monoisotopic (exact) mass is 301 g/mol. The smallest absolute Gasteiger partial charge is 0.255 e. The van der Waals surface area contributed by atoms with Crippen molar-refractivity contribution in [2.75, 3.05) is 11.9 Å². The molecule has 0 amide bonds. The molecule has 108 valence electrons. The van der Waals surface area contributed by atoms with Crippen molar-refractivity contribution in [3.63, 3.8) is 0 Å². The Hall–Kier alpha value is -2.14. The Morgan fingerprint density at radius 2 is 1.76 bits per heavy atom. The number of fused-ring (bicyclic) bond motifs is 1. The molecular weight excluding hydrogens is 286 g/mol. The van der Waals surface area contributed by atoms with Gasteiger partial charge in [0, 0.05) is 18.3 Å². The molecule has 3 aromatic rings. The van der Waals surface area contributed by atoms with Crippen LogP contribution >= 0.6 is 11.6 Å². The third-order valence-corrected chi connectivity index (χ3v) is 3.85. The third kappa shape index (κ3) is 2.34. The molecule has 0 saturated carbocycles. The SMILES string of the molecule is Cc1cc(C)cc(N(C)c2c(C)c(Cl)nc3ncnn23)c1. The minimum Gasteiger partial charge on any atom is -0.329 e. The molecule has 0 N–H and O–H groups in total. The maximum atomic E-state index is 6.22. The lowest BCUT2D eigenvalue weighted by atomic mass is 10.1. The molecule has 0 unspecified atom stereocenters. The van der Waals surface area contributed by atoms with Gasteiger partial charge in [-0.15, -0.1) is 0 Å². The van der Waals surface area contributed by atoms with E-state index in [1.807, 2.05) is 14.0 Å². The van der Waals surface area contributed by atoms with Gasteiger partial charge in [0.05, 0.1) is 0 Å². The van der Waals surface area contributed by atoms with Crippen LogP contribution in [0.15, 0.2) is 24.5 Å². The number of aromatic nitrogens is 4. The number of anilines is 2. The first-order valence-electron chi connectivity index (χ1n) is 6.65. The zero-order chi connectivity index (χ0) is 15.1. The lowest BCUT2D eigenvalue weighted by Gasteiger charge is -2.23. The van der Waals surface area contributed by atoms with Gasteiger partial charge in [-0.2, -0.15) is 19.6 Å². The van der Waals surface area contributed by atoms with Crippen LogP contribution in [0.1, 0.15) is 16.7 Å². The highest BCUT2D eigenvalue weighted by Crippen LogP contribution is 2.30. The Balaban J connectivity index is 2.23. The van der Waals surface area contributed by atoms with Crippen LogP contribution < -0.4 is 4.90 Å². The molecule has 5 nitrogen and oxygen atoms in total. The van der Waals surface area contributed by atoms with Gasteiger partial charge in [0.25, 0.3) is 5.78 Å². The van der Waals surface area contributed by atoms with Gasteiger partial charge in [-0.25, -0.2) is 0 Å². The molecular formula is C15H16ClN5. The van der Waals surface area contributed by atoms with Crippen molar-refractivity contribution in [1.29, 1.82) is 0 Å². The van der Waals surface area contributed by atoms with Crippen molar-refractivity contribution in [3.05, 3.63) is 46.4 Å². The summed E-state index contributed by atoms with van der Waals surface area (Å²) in [5, 5.41) is 4.70. The third-order valence-electron chi connectivity index (χ3n) is 3.48. The van der Waals surface area contributed by atoms with E-state index in [4.69, 9.17) is 11.6 Å². The van der Waals surface area contributed by atoms with Crippen LogP contribution in [0.2, 0.25) is 5.15 Å². The Morgan fingerprint density at radius 3 is 2.43 bits per heavy atom. The number of halogens is 1. The molecule has 6 heteroatoms. The summed E-state index contributed by atoms with van der Waals surface area (Å²) in [7, 11) is 1.99. The van der Waals surface area contributed by atoms with E-state index in [-0.39, 0.29) is 0 Å². The molecule has 21 heavy (non-hydrogen) atoms. The fraction of sp³-hybridized carbons (Fsp3) is 0.267. The van der Waals surface area contributed by atoms with Crippen molar-refractivity contribution in [2.24, 2.45) is 0 Å². The predicted octanol–water partition coefficient (Wildman–Crippen LogP) is 3.47. The number of aryl methyl sites for hydroxylation is 2. The van der Waals surface area contributed by atoms with Crippen LogP contribution in [0.25, 0.3) is 5.78 Å². The summed E-state index contributed by atoms with van der Waals surface area (Å²) in [5.74, 6) is 1.37. The summed E-state index contributed by atoms with van der Waals surface area (Å²) in [6, 6.07) is 6.40. The number of rotatable bonds is 2. The van der Waals surface area contributed by atoms with Crippen LogP contribution in [0.4, 0.5) is 11.5 Å². The minimum absolute atomic E-state index is 0.446. The van der Waals surface area contributed by atoms with Gasteiger partial charge < -0.3 is 4.90 Å². The van der Waals surface area contributed by atoms with E-state index in [0.717, 1.165) is 17.1 Å². The average molecular weight is 302 g/mol. The zero-order valence-electron chi connectivity index (χ0n) is 12.4. The topological polar surface area (TPSA) is 46.3 Å². The highest BCUT2D eigenvalue weighted by atomic mass is 35.5. The normalized spacial score (nSPS) is 11.1. The fourth-order valence-electron chi connectivity index (χ4n) is 2.54. The predicted molar refractivity (Wildman–Crippen MR) is 84.5 cm³/mol. The van der Waals surface area contributed by atoms with Gasteiger partial charge in [-0.1, -0.05) is 17.7 Å². The molecule has 3 rings (SSSR count). The summed E-state index contributed by atoms with van der Waals surface area (Å²) in [4.78, 5) is 10.4. The Kier molecular flexibility index (Phi) is 3.29. The number of hydrogen-bond donors (Lipinski definition) is 0. The molecule has 2 heterocycles. The van der Waals surface area contributed by atoms with Crippen LogP contribution in [-0.2, 0) is 0 Å². The lowest BCUT2D eigenvalue weighted by molar-refractivity contribution is 0.900. The van der Waals surface area contributed by atoms with Gasteiger partial charge in [-0.3, -0.25) is 0 Å². The molecule has 0 radical (unpaired) electrons. The summed E-state index contributed by atoms with van der Waals surface area (Å²) >= 11 is 6.22. The van der Waals surface area contributed by atoms with E-state index in [0.29, 0.717) is 10.9 Å². The molecule has 1 aromatic carbocycles. The molecule has 0 aliphatic heterocycles. The van der Waals surface area contributed by atoms with Gasteiger partial charge in [0.15, 0.2) is 0 Å². The van der Waals surface area contributed by atoms with Crippen molar-refractivity contribution in [3.8, 4) is 0 Å². The summed E-state index contributed by atoms with van der Waals surface area (Å²) < 4.78 is 1.71. The molecule has 0 bridgehead atoms. The van der Waals surface area contributed by atoms with E-state index < -0.39 is 0 Å². The molecule has 0 saturated heterocycles. The second-order valence-electron chi connectivity index (χ2n) is 5.23. The van der Waals surface area contributed by atoms with E-state index in [1.165, 1.54) is 17.5 Å². The quantitative estimate of drug-likeness (QED) is 0.680. The van der Waals surface area contributed by atoms with Crippen molar-refractivity contribution in [1.82, 2.24) is 19.6 Å². The molecule has 0 fully saturated rings. The highest BCUT2D eigenvalue weighted by molar-refractivity contribution is 6.30. The van der Waals surface area contributed by atoms with Crippen LogP contribution in [0.5, 0.6) is 0 Å². The standard InChI is InChI=1S/C15H16ClN5/c1-9-5-10(2)7-12(6-9)20(4)14-11(3)13(16)19-15-17-8-18-21(14)15/h5-8H,1-4H3. The van der Waals surface area contributed by atoms with Crippen molar-refractivity contribution in [2.45, 2.75) is 20.8 Å². The molecule has 0 aliphatic carbocycles. The first-order valence-corrected chi connectivity index (χ1v) is 7.03. The Bertz CT molecular complexity index is 804. The van der Waals surface area contributed by atoms with Crippen molar-refractivity contribution < 1.29 is 0 Å². The maximum Gasteiger partial charge on any atom is 0.255 e. The van der Waals surface area contributed by atoms with Crippen LogP contribution in [-0.4, -0.2) is 26.6 Å². The fourth-order valence-corrected chi connectivity index (χ4v) is 2.70. The van der Waals surface area contributed by atoms with Gasteiger partial charge in [0.1, 0.15) is 17.3 Å². The molecule has 0 atom stereocenters. The van der Waals surface area contributed by atoms with E-state index >= 15 is 0 Å². The number of nitrogens with zero attached hydrogens (tertiary/aromatic N) is 5. The second-order valence-corrected chi connectivity index (χ2v) is 5.59. The van der Waals surface area contributed by atoms with Gasteiger partial charge in [0.2, 0.25) is 0 Å². The molecule has 0 spiro atoms. The summed E-state index contributed by atoms with van der Waals surface area (Å²) in [5.41, 5.74) is 4.37. The number of benzene rings is 1. The first kappa shape index (κ1) is 13.8. The zero-order valence-corrected chi connectivity index (χ0v) is 13.2. The van der Waals surface area contributed by atoms with E-state index in [2.05, 4.69) is 52.0 Å². The van der Waals surface area contributed by atoms with Crippen LogP contribution in [0, 0.1) is 20.8 Å². The van der Waals surface area contributed by atoms with E-state index in [9.17, 15) is 0 Å². The Labute approximate surface area is 128 Å². The average Bonchev–Trinajstić information content (AvgIpc) is 2.86.